The summed E-state index contributed by atoms with van der Waals surface area (Å²) in [6.07, 6.45) is 1.82. The molecular formula is C15H16O4. The molecule has 4 heteroatoms. The summed E-state index contributed by atoms with van der Waals surface area (Å²) in [7, 11) is 3.13. The van der Waals surface area contributed by atoms with Gasteiger partial charge in [-0.3, -0.25) is 9.59 Å². The predicted octanol–water partition coefficient (Wildman–Crippen LogP) is 2.04. The Morgan fingerprint density at radius 3 is 2.58 bits per heavy atom. The molecule has 0 saturated heterocycles. The number of Topliss-reactive ketones (excluding diaryl/α,β-unsaturated/α-hetero) is 2. The minimum Gasteiger partial charge on any atom is -0.497 e. The Balaban J connectivity index is 2.13. The molecule has 100 valence electrons. The fourth-order valence-corrected chi connectivity index (χ4v) is 3.27. The molecule has 0 spiro atoms. The van der Waals surface area contributed by atoms with E-state index in [0.29, 0.717) is 36.3 Å². The van der Waals surface area contributed by atoms with E-state index in [4.69, 9.17) is 9.47 Å². The van der Waals surface area contributed by atoms with Crippen molar-refractivity contribution in [3.05, 3.63) is 23.3 Å². The zero-order chi connectivity index (χ0) is 13.6. The lowest BCUT2D eigenvalue weighted by Crippen LogP contribution is -2.31. The minimum absolute atomic E-state index is 0.0524. The second kappa shape index (κ2) is 4.37. The molecule has 2 aliphatic rings. The van der Waals surface area contributed by atoms with Gasteiger partial charge < -0.3 is 9.47 Å². The maximum Gasteiger partial charge on any atom is 0.170 e. The van der Waals surface area contributed by atoms with Crippen molar-refractivity contribution in [2.75, 3.05) is 14.2 Å². The zero-order valence-corrected chi connectivity index (χ0v) is 11.1. The summed E-state index contributed by atoms with van der Waals surface area (Å²) in [4.78, 5) is 24.4. The first kappa shape index (κ1) is 12.2. The van der Waals surface area contributed by atoms with Crippen molar-refractivity contribution >= 4 is 11.6 Å². The molecule has 0 amide bonds. The van der Waals surface area contributed by atoms with Gasteiger partial charge in [0.05, 0.1) is 19.8 Å². The number of hydrogen-bond donors (Lipinski definition) is 0. The van der Waals surface area contributed by atoms with Gasteiger partial charge in [-0.05, 0) is 24.5 Å². The Morgan fingerprint density at radius 1 is 1.11 bits per heavy atom. The van der Waals surface area contributed by atoms with E-state index in [1.807, 2.05) is 6.07 Å². The van der Waals surface area contributed by atoms with Gasteiger partial charge in [-0.15, -0.1) is 0 Å². The number of methoxy groups -OCH3 is 2. The van der Waals surface area contributed by atoms with Crippen molar-refractivity contribution < 1.29 is 19.1 Å². The van der Waals surface area contributed by atoms with Crippen LogP contribution in [0.3, 0.4) is 0 Å². The molecule has 1 aromatic carbocycles. The van der Waals surface area contributed by atoms with Gasteiger partial charge in [-0.1, -0.05) is 0 Å². The van der Waals surface area contributed by atoms with Gasteiger partial charge in [0, 0.05) is 24.3 Å². The zero-order valence-electron chi connectivity index (χ0n) is 11.1. The molecular weight excluding hydrogens is 244 g/mol. The average Bonchev–Trinajstić information content (AvgIpc) is 2.79. The van der Waals surface area contributed by atoms with Crippen molar-refractivity contribution in [1.29, 1.82) is 0 Å². The number of carbonyl (C=O) groups is 2. The summed E-state index contributed by atoms with van der Waals surface area (Å²) < 4.78 is 10.5. The van der Waals surface area contributed by atoms with Crippen molar-refractivity contribution in [2.45, 2.75) is 19.3 Å². The van der Waals surface area contributed by atoms with Crippen molar-refractivity contribution in [3.8, 4) is 11.5 Å². The van der Waals surface area contributed by atoms with Crippen LogP contribution in [0.4, 0.5) is 0 Å². The summed E-state index contributed by atoms with van der Waals surface area (Å²) in [5, 5.41) is 0. The lowest BCUT2D eigenvalue weighted by molar-refractivity contribution is -0.121. The van der Waals surface area contributed by atoms with Gasteiger partial charge in [-0.2, -0.15) is 0 Å². The monoisotopic (exact) mass is 260 g/mol. The van der Waals surface area contributed by atoms with E-state index in [2.05, 4.69) is 0 Å². The van der Waals surface area contributed by atoms with Gasteiger partial charge in [0.1, 0.15) is 17.3 Å². The molecule has 0 N–H and O–H groups in total. The van der Waals surface area contributed by atoms with Crippen LogP contribution in [-0.2, 0) is 11.2 Å². The lowest BCUT2D eigenvalue weighted by atomic mass is 9.76. The summed E-state index contributed by atoms with van der Waals surface area (Å²) in [5.41, 5.74) is 1.51. The topological polar surface area (TPSA) is 52.6 Å². The van der Waals surface area contributed by atoms with Crippen LogP contribution < -0.4 is 9.47 Å². The fourth-order valence-electron chi connectivity index (χ4n) is 3.27. The molecule has 0 aromatic heterocycles. The van der Waals surface area contributed by atoms with Gasteiger partial charge >= 0.3 is 0 Å². The molecule has 0 radical (unpaired) electrons. The number of fused-ring (bicyclic) bond motifs is 2. The highest BCUT2D eigenvalue weighted by atomic mass is 16.5. The second-order valence-corrected chi connectivity index (χ2v) is 5.15. The second-order valence-electron chi connectivity index (χ2n) is 5.15. The Kier molecular flexibility index (Phi) is 2.81. The molecule has 2 atom stereocenters. The quantitative estimate of drug-likeness (QED) is 0.816. The normalized spacial score (nSPS) is 24.9. The molecule has 1 aromatic rings. The maximum atomic E-state index is 12.6. The fraction of sp³-hybridized carbons (Fsp3) is 0.467. The summed E-state index contributed by atoms with van der Waals surface area (Å²) in [5.74, 6) is 1.19. The molecule has 1 saturated carbocycles. The van der Waals surface area contributed by atoms with Crippen LogP contribution in [0, 0.1) is 11.8 Å². The average molecular weight is 260 g/mol. The number of hydrogen-bond acceptors (Lipinski definition) is 4. The molecule has 0 heterocycles. The van der Waals surface area contributed by atoms with Gasteiger partial charge in [0.2, 0.25) is 0 Å². The van der Waals surface area contributed by atoms with Crippen LogP contribution in [0.2, 0.25) is 0 Å². The minimum atomic E-state index is -0.151. The number of carbonyl (C=O) groups excluding carboxylic acids is 2. The van der Waals surface area contributed by atoms with Gasteiger partial charge in [0.15, 0.2) is 5.78 Å². The molecule has 2 aliphatic carbocycles. The lowest BCUT2D eigenvalue weighted by Gasteiger charge is -2.27. The van der Waals surface area contributed by atoms with Crippen LogP contribution in [0.15, 0.2) is 12.1 Å². The van der Waals surface area contributed by atoms with E-state index in [1.54, 1.807) is 20.3 Å². The van der Waals surface area contributed by atoms with Crippen LogP contribution in [0.1, 0.15) is 28.8 Å². The van der Waals surface area contributed by atoms with Crippen molar-refractivity contribution in [1.82, 2.24) is 0 Å². The highest BCUT2D eigenvalue weighted by molar-refractivity contribution is 6.07. The highest BCUT2D eigenvalue weighted by Crippen LogP contribution is 2.43. The van der Waals surface area contributed by atoms with Gasteiger partial charge in [-0.25, -0.2) is 0 Å². The van der Waals surface area contributed by atoms with Crippen LogP contribution >= 0.6 is 0 Å². The maximum absolute atomic E-state index is 12.6. The largest absolute Gasteiger partial charge is 0.497 e. The SMILES string of the molecule is COc1cc2c(c(OC)c1)C(=O)[C@H]1CCC(=O)[C@@H]1C2. The van der Waals surface area contributed by atoms with Crippen molar-refractivity contribution in [2.24, 2.45) is 11.8 Å². The van der Waals surface area contributed by atoms with E-state index in [0.717, 1.165) is 5.56 Å². The summed E-state index contributed by atoms with van der Waals surface area (Å²) >= 11 is 0. The third kappa shape index (κ3) is 1.74. The van der Waals surface area contributed by atoms with Crippen LogP contribution in [-0.4, -0.2) is 25.8 Å². The third-order valence-electron chi connectivity index (χ3n) is 4.24. The number of ketones is 2. The van der Waals surface area contributed by atoms with Crippen molar-refractivity contribution in [3.63, 3.8) is 0 Å². The Morgan fingerprint density at radius 2 is 1.89 bits per heavy atom. The molecule has 0 bridgehead atoms. The Hall–Kier alpha value is -1.84. The van der Waals surface area contributed by atoms with Gasteiger partial charge in [0.25, 0.3) is 0 Å². The van der Waals surface area contributed by atoms with E-state index >= 15 is 0 Å². The number of rotatable bonds is 2. The Labute approximate surface area is 111 Å². The smallest absolute Gasteiger partial charge is 0.170 e. The van der Waals surface area contributed by atoms with E-state index < -0.39 is 0 Å². The molecule has 1 fully saturated rings. The first-order chi connectivity index (χ1) is 9.15. The van der Waals surface area contributed by atoms with E-state index in [-0.39, 0.29) is 23.4 Å². The Bertz CT molecular complexity index is 562. The number of benzene rings is 1. The first-order valence-electron chi connectivity index (χ1n) is 6.47. The van der Waals surface area contributed by atoms with Crippen LogP contribution in [0.5, 0.6) is 11.5 Å². The molecule has 4 nitrogen and oxygen atoms in total. The summed E-state index contributed by atoms with van der Waals surface area (Å²) in [6, 6.07) is 3.57. The molecule has 0 unspecified atom stereocenters. The number of ether oxygens (including phenoxy) is 2. The van der Waals surface area contributed by atoms with E-state index in [1.165, 1.54) is 0 Å². The predicted molar refractivity (Wildman–Crippen MR) is 68.8 cm³/mol. The summed E-state index contributed by atoms with van der Waals surface area (Å²) in [6.45, 7) is 0. The van der Waals surface area contributed by atoms with E-state index in [9.17, 15) is 9.59 Å². The first-order valence-corrected chi connectivity index (χ1v) is 6.47. The molecule has 0 aliphatic heterocycles. The van der Waals surface area contributed by atoms with Crippen LogP contribution in [0.25, 0.3) is 0 Å². The highest BCUT2D eigenvalue weighted by Gasteiger charge is 2.44. The molecule has 3 rings (SSSR count). The molecule has 19 heavy (non-hydrogen) atoms. The third-order valence-corrected chi connectivity index (χ3v) is 4.24. The standard InChI is InChI=1S/C15H16O4/c1-18-9-5-8-6-11-10(3-4-12(11)16)15(17)14(8)13(7-9)19-2/h5,7,10-11H,3-4,6H2,1-2H3/t10-,11+/m0/s1.